The SMILES string of the molecule is Cc1ccc(C)c(C(=O)N[C@@H](CO)C(=O)O)c1. The van der Waals surface area contributed by atoms with Crippen molar-refractivity contribution in [3.05, 3.63) is 34.9 Å². The van der Waals surface area contributed by atoms with Crippen LogP contribution in [0.1, 0.15) is 21.5 Å². The molecule has 0 spiro atoms. The molecule has 1 amide bonds. The first-order valence-electron chi connectivity index (χ1n) is 5.17. The van der Waals surface area contributed by atoms with E-state index in [1.54, 1.807) is 19.1 Å². The highest BCUT2D eigenvalue weighted by atomic mass is 16.4. The second-order valence-corrected chi connectivity index (χ2v) is 3.87. The number of hydrogen-bond acceptors (Lipinski definition) is 3. The molecule has 0 saturated heterocycles. The molecule has 0 radical (unpaired) electrons. The molecule has 0 fully saturated rings. The molecule has 0 aromatic heterocycles. The molecule has 3 N–H and O–H groups in total. The number of aliphatic hydroxyl groups is 1. The van der Waals surface area contributed by atoms with Gasteiger partial charge in [-0.3, -0.25) is 4.79 Å². The van der Waals surface area contributed by atoms with E-state index in [1.165, 1.54) is 0 Å². The van der Waals surface area contributed by atoms with Crippen molar-refractivity contribution in [3.8, 4) is 0 Å². The van der Waals surface area contributed by atoms with Crippen LogP contribution in [0.3, 0.4) is 0 Å². The van der Waals surface area contributed by atoms with Crippen LogP contribution in [0.2, 0.25) is 0 Å². The van der Waals surface area contributed by atoms with Gasteiger partial charge in [0, 0.05) is 5.56 Å². The molecule has 0 saturated carbocycles. The Bertz CT molecular complexity index is 442. The predicted octanol–water partition coefficient (Wildman–Crippen LogP) is 0.479. The number of hydrogen-bond donors (Lipinski definition) is 3. The summed E-state index contributed by atoms with van der Waals surface area (Å²) in [6, 6.07) is 4.06. The van der Waals surface area contributed by atoms with E-state index in [0.29, 0.717) is 5.56 Å². The number of carbonyl (C=O) groups is 2. The van der Waals surface area contributed by atoms with Crippen LogP contribution >= 0.6 is 0 Å². The number of carboxylic acid groups (broad SMARTS) is 1. The molecule has 1 atom stereocenters. The molecule has 0 aliphatic heterocycles. The van der Waals surface area contributed by atoms with Gasteiger partial charge in [0.2, 0.25) is 0 Å². The first kappa shape index (κ1) is 13.2. The van der Waals surface area contributed by atoms with Crippen molar-refractivity contribution in [2.24, 2.45) is 0 Å². The molecule has 5 nitrogen and oxygen atoms in total. The molecule has 92 valence electrons. The molecule has 5 heteroatoms. The van der Waals surface area contributed by atoms with Crippen molar-refractivity contribution in [1.82, 2.24) is 5.32 Å². The number of carbonyl (C=O) groups excluding carboxylic acids is 1. The lowest BCUT2D eigenvalue weighted by Gasteiger charge is -2.13. The number of aliphatic carboxylic acids is 1. The Morgan fingerprint density at radius 1 is 1.35 bits per heavy atom. The maximum absolute atomic E-state index is 11.8. The van der Waals surface area contributed by atoms with Gasteiger partial charge in [-0.05, 0) is 25.5 Å². The normalized spacial score (nSPS) is 11.9. The van der Waals surface area contributed by atoms with Gasteiger partial charge >= 0.3 is 5.97 Å². The van der Waals surface area contributed by atoms with Crippen LogP contribution in [-0.4, -0.2) is 34.7 Å². The molecule has 0 aliphatic carbocycles. The van der Waals surface area contributed by atoms with Crippen LogP contribution in [0.15, 0.2) is 18.2 Å². The second-order valence-electron chi connectivity index (χ2n) is 3.87. The standard InChI is InChI=1S/C12H15NO4/c1-7-3-4-8(2)9(5-7)11(15)13-10(6-14)12(16)17/h3-5,10,14H,6H2,1-2H3,(H,13,15)(H,16,17)/t10-/m0/s1. The fourth-order valence-electron chi connectivity index (χ4n) is 1.40. The van der Waals surface area contributed by atoms with Crippen molar-refractivity contribution >= 4 is 11.9 Å². The van der Waals surface area contributed by atoms with Crippen molar-refractivity contribution in [1.29, 1.82) is 0 Å². The molecule has 0 aliphatic rings. The summed E-state index contributed by atoms with van der Waals surface area (Å²) in [5, 5.41) is 19.8. The summed E-state index contributed by atoms with van der Waals surface area (Å²) < 4.78 is 0. The third kappa shape index (κ3) is 3.29. The number of nitrogens with one attached hydrogen (secondary N) is 1. The van der Waals surface area contributed by atoms with Gasteiger partial charge < -0.3 is 15.5 Å². The number of carboxylic acids is 1. The molecule has 17 heavy (non-hydrogen) atoms. The van der Waals surface area contributed by atoms with E-state index in [1.807, 2.05) is 13.0 Å². The summed E-state index contributed by atoms with van der Waals surface area (Å²) in [7, 11) is 0. The summed E-state index contributed by atoms with van der Waals surface area (Å²) in [6.07, 6.45) is 0. The summed E-state index contributed by atoms with van der Waals surface area (Å²) in [5.41, 5.74) is 2.09. The summed E-state index contributed by atoms with van der Waals surface area (Å²) in [4.78, 5) is 22.5. The topological polar surface area (TPSA) is 86.6 Å². The van der Waals surface area contributed by atoms with Gasteiger partial charge in [0.05, 0.1) is 6.61 Å². The number of aliphatic hydroxyl groups excluding tert-OH is 1. The van der Waals surface area contributed by atoms with Gasteiger partial charge in [-0.15, -0.1) is 0 Å². The van der Waals surface area contributed by atoms with Gasteiger partial charge in [0.1, 0.15) is 0 Å². The van der Waals surface area contributed by atoms with E-state index >= 15 is 0 Å². The zero-order chi connectivity index (χ0) is 13.0. The highest BCUT2D eigenvalue weighted by Gasteiger charge is 2.20. The Balaban J connectivity index is 2.89. The molecule has 0 heterocycles. The zero-order valence-corrected chi connectivity index (χ0v) is 9.73. The predicted molar refractivity (Wildman–Crippen MR) is 61.9 cm³/mol. The van der Waals surface area contributed by atoms with Crippen LogP contribution in [0.25, 0.3) is 0 Å². The zero-order valence-electron chi connectivity index (χ0n) is 9.73. The van der Waals surface area contributed by atoms with E-state index in [0.717, 1.165) is 11.1 Å². The van der Waals surface area contributed by atoms with Crippen molar-refractivity contribution in [3.63, 3.8) is 0 Å². The van der Waals surface area contributed by atoms with E-state index in [4.69, 9.17) is 10.2 Å². The third-order valence-electron chi connectivity index (χ3n) is 2.42. The minimum absolute atomic E-state index is 0.421. The van der Waals surface area contributed by atoms with Crippen LogP contribution in [0, 0.1) is 13.8 Å². The van der Waals surface area contributed by atoms with Crippen LogP contribution in [-0.2, 0) is 4.79 Å². The molecule has 1 aromatic carbocycles. The molecule has 1 rings (SSSR count). The van der Waals surface area contributed by atoms with E-state index in [2.05, 4.69) is 5.32 Å². The lowest BCUT2D eigenvalue weighted by Crippen LogP contribution is -2.43. The molecule has 0 unspecified atom stereocenters. The van der Waals surface area contributed by atoms with Crippen molar-refractivity contribution < 1.29 is 19.8 Å². The highest BCUT2D eigenvalue weighted by molar-refractivity contribution is 5.97. The van der Waals surface area contributed by atoms with Gasteiger partial charge in [0.25, 0.3) is 5.91 Å². The van der Waals surface area contributed by atoms with Gasteiger partial charge in [-0.1, -0.05) is 17.7 Å². The first-order chi connectivity index (χ1) is 7.95. The summed E-state index contributed by atoms with van der Waals surface area (Å²) in [6.45, 7) is 2.98. The molecular weight excluding hydrogens is 222 g/mol. The third-order valence-corrected chi connectivity index (χ3v) is 2.42. The van der Waals surface area contributed by atoms with Gasteiger partial charge in [-0.2, -0.15) is 0 Å². The minimum atomic E-state index is -1.28. The second kappa shape index (κ2) is 5.45. The average molecular weight is 237 g/mol. The van der Waals surface area contributed by atoms with E-state index < -0.39 is 24.5 Å². The largest absolute Gasteiger partial charge is 0.480 e. The van der Waals surface area contributed by atoms with Crippen molar-refractivity contribution in [2.75, 3.05) is 6.61 Å². The number of rotatable bonds is 4. The Hall–Kier alpha value is -1.88. The Morgan fingerprint density at radius 2 is 2.00 bits per heavy atom. The van der Waals surface area contributed by atoms with Crippen LogP contribution in [0.5, 0.6) is 0 Å². The Morgan fingerprint density at radius 3 is 2.53 bits per heavy atom. The minimum Gasteiger partial charge on any atom is -0.480 e. The maximum Gasteiger partial charge on any atom is 0.328 e. The van der Waals surface area contributed by atoms with Crippen LogP contribution in [0.4, 0.5) is 0 Å². The van der Waals surface area contributed by atoms with E-state index in [9.17, 15) is 9.59 Å². The number of amides is 1. The lowest BCUT2D eigenvalue weighted by atomic mass is 10.0. The Labute approximate surface area is 99.1 Å². The number of aryl methyl sites for hydroxylation is 2. The first-order valence-corrected chi connectivity index (χ1v) is 5.17. The highest BCUT2D eigenvalue weighted by Crippen LogP contribution is 2.10. The lowest BCUT2D eigenvalue weighted by molar-refractivity contribution is -0.140. The monoisotopic (exact) mass is 237 g/mol. The number of benzene rings is 1. The molecule has 1 aromatic rings. The fraction of sp³-hybridized carbons (Fsp3) is 0.333. The quantitative estimate of drug-likeness (QED) is 0.710. The maximum atomic E-state index is 11.8. The fourth-order valence-corrected chi connectivity index (χ4v) is 1.40. The van der Waals surface area contributed by atoms with Gasteiger partial charge in [0.15, 0.2) is 6.04 Å². The van der Waals surface area contributed by atoms with Gasteiger partial charge in [-0.25, -0.2) is 4.79 Å². The summed E-state index contributed by atoms with van der Waals surface area (Å²) in [5.74, 6) is -1.75. The Kier molecular flexibility index (Phi) is 4.23. The smallest absolute Gasteiger partial charge is 0.328 e. The molecular formula is C12H15NO4. The van der Waals surface area contributed by atoms with Crippen LogP contribution < -0.4 is 5.32 Å². The van der Waals surface area contributed by atoms with Crippen molar-refractivity contribution in [2.45, 2.75) is 19.9 Å². The van der Waals surface area contributed by atoms with E-state index in [-0.39, 0.29) is 0 Å². The summed E-state index contributed by atoms with van der Waals surface area (Å²) >= 11 is 0. The molecule has 0 bridgehead atoms. The average Bonchev–Trinajstić information content (AvgIpc) is 2.28.